The summed E-state index contributed by atoms with van der Waals surface area (Å²) in [6.45, 7) is 11.4. The zero-order chi connectivity index (χ0) is 13.8. The SMILES string of the molecule is [C-]#[N+]C(C#N)C=C(C=NCCCC)C(=O)OCC. The Morgan fingerprint density at radius 1 is 1.61 bits per heavy atom. The largest absolute Gasteiger partial charge is 0.462 e. The lowest BCUT2D eigenvalue weighted by Crippen LogP contribution is -2.11. The average molecular weight is 247 g/mol. The van der Waals surface area contributed by atoms with Gasteiger partial charge in [-0.25, -0.2) is 11.4 Å². The predicted molar refractivity (Wildman–Crippen MR) is 69.0 cm³/mol. The second kappa shape index (κ2) is 10.0. The van der Waals surface area contributed by atoms with Gasteiger partial charge < -0.3 is 4.74 Å². The number of esters is 1. The number of nitrogens with zero attached hydrogens (tertiary/aromatic N) is 3. The molecule has 0 aromatic carbocycles. The quantitative estimate of drug-likeness (QED) is 0.227. The summed E-state index contributed by atoms with van der Waals surface area (Å²) >= 11 is 0. The smallest absolute Gasteiger partial charge is 0.339 e. The molecule has 0 saturated carbocycles. The molecule has 0 aliphatic rings. The molecule has 0 saturated heterocycles. The maximum absolute atomic E-state index is 11.6. The van der Waals surface area contributed by atoms with Gasteiger partial charge >= 0.3 is 12.0 Å². The Kier molecular flexibility index (Phi) is 8.85. The third-order valence-electron chi connectivity index (χ3n) is 1.99. The van der Waals surface area contributed by atoms with E-state index in [-0.39, 0.29) is 12.2 Å². The predicted octanol–water partition coefficient (Wildman–Crippen LogP) is 2.16. The van der Waals surface area contributed by atoms with Crippen LogP contribution in [-0.4, -0.2) is 31.4 Å². The highest BCUT2D eigenvalue weighted by molar-refractivity contribution is 6.09. The van der Waals surface area contributed by atoms with Gasteiger partial charge in [-0.3, -0.25) is 9.84 Å². The van der Waals surface area contributed by atoms with E-state index in [1.807, 2.05) is 6.92 Å². The van der Waals surface area contributed by atoms with Crippen molar-refractivity contribution < 1.29 is 9.53 Å². The molecule has 0 aliphatic carbocycles. The van der Waals surface area contributed by atoms with E-state index in [2.05, 4.69) is 9.84 Å². The van der Waals surface area contributed by atoms with Gasteiger partial charge in [0.15, 0.2) is 6.07 Å². The number of hydrogen-bond acceptors (Lipinski definition) is 4. The Labute approximate surface area is 108 Å². The summed E-state index contributed by atoms with van der Waals surface area (Å²) in [5.41, 5.74) is 0.163. The number of carbonyl (C=O) groups excluding carboxylic acids is 1. The van der Waals surface area contributed by atoms with E-state index in [4.69, 9.17) is 16.6 Å². The summed E-state index contributed by atoms with van der Waals surface area (Å²) in [4.78, 5) is 18.7. The van der Waals surface area contributed by atoms with Crippen LogP contribution in [-0.2, 0) is 9.53 Å². The van der Waals surface area contributed by atoms with Crippen LogP contribution < -0.4 is 0 Å². The van der Waals surface area contributed by atoms with Crippen LogP contribution in [0.4, 0.5) is 0 Å². The topological polar surface area (TPSA) is 66.8 Å². The minimum atomic E-state index is -0.984. The number of ether oxygens (including phenoxy) is 1. The molecule has 0 bridgehead atoms. The highest BCUT2D eigenvalue weighted by Gasteiger charge is 2.14. The van der Waals surface area contributed by atoms with Crippen LogP contribution in [0.3, 0.4) is 0 Å². The maximum atomic E-state index is 11.6. The second-order valence-electron chi connectivity index (χ2n) is 3.43. The first-order valence-electron chi connectivity index (χ1n) is 5.84. The molecule has 0 amide bonds. The van der Waals surface area contributed by atoms with Crippen LogP contribution in [0.25, 0.3) is 4.85 Å². The lowest BCUT2D eigenvalue weighted by molar-refractivity contribution is -0.137. The Morgan fingerprint density at radius 3 is 2.83 bits per heavy atom. The van der Waals surface area contributed by atoms with Crippen molar-refractivity contribution in [3.05, 3.63) is 23.1 Å². The molecule has 1 atom stereocenters. The van der Waals surface area contributed by atoms with Gasteiger partial charge in [-0.05, 0) is 13.3 Å². The summed E-state index contributed by atoms with van der Waals surface area (Å²) < 4.78 is 4.84. The van der Waals surface area contributed by atoms with Gasteiger partial charge in [0, 0.05) is 18.8 Å². The normalized spacial score (nSPS) is 12.8. The fourth-order valence-corrected chi connectivity index (χ4v) is 1.06. The molecular formula is C13H17N3O2. The van der Waals surface area contributed by atoms with Crippen LogP contribution in [0.1, 0.15) is 26.7 Å². The lowest BCUT2D eigenvalue weighted by Gasteiger charge is -2.01. The van der Waals surface area contributed by atoms with E-state index in [1.54, 1.807) is 13.0 Å². The summed E-state index contributed by atoms with van der Waals surface area (Å²) in [5, 5.41) is 8.69. The molecule has 0 radical (unpaired) electrons. The molecule has 96 valence electrons. The fourth-order valence-electron chi connectivity index (χ4n) is 1.06. The first-order valence-corrected chi connectivity index (χ1v) is 5.84. The maximum Gasteiger partial charge on any atom is 0.339 e. The first-order chi connectivity index (χ1) is 8.69. The summed E-state index contributed by atoms with van der Waals surface area (Å²) in [7, 11) is 0. The number of unbranched alkanes of at least 4 members (excludes halogenated alkanes) is 1. The number of carbonyl (C=O) groups is 1. The van der Waals surface area contributed by atoms with Crippen LogP contribution in [0, 0.1) is 17.9 Å². The molecule has 5 heteroatoms. The van der Waals surface area contributed by atoms with Crippen molar-refractivity contribution in [2.75, 3.05) is 13.2 Å². The molecule has 18 heavy (non-hydrogen) atoms. The number of rotatable bonds is 7. The van der Waals surface area contributed by atoms with Crippen molar-refractivity contribution in [2.24, 2.45) is 4.99 Å². The van der Waals surface area contributed by atoms with E-state index in [1.165, 1.54) is 12.3 Å². The standard InChI is InChI=1S/C13H17N3O2/c1-4-6-7-16-10-11(13(17)18-5-2)8-12(9-14)15-3/h8,10,12H,4-7H2,1-2H3. The van der Waals surface area contributed by atoms with E-state index in [0.717, 1.165) is 12.8 Å². The van der Waals surface area contributed by atoms with Crippen LogP contribution in [0.5, 0.6) is 0 Å². The molecule has 0 heterocycles. The van der Waals surface area contributed by atoms with Crippen molar-refractivity contribution in [3.63, 3.8) is 0 Å². The molecular weight excluding hydrogens is 230 g/mol. The van der Waals surface area contributed by atoms with Crippen molar-refractivity contribution in [1.29, 1.82) is 5.26 Å². The van der Waals surface area contributed by atoms with Gasteiger partial charge in [0.25, 0.3) is 0 Å². The van der Waals surface area contributed by atoms with Crippen LogP contribution >= 0.6 is 0 Å². The van der Waals surface area contributed by atoms with Crippen molar-refractivity contribution in [2.45, 2.75) is 32.7 Å². The Bertz CT molecular complexity index is 385. The Balaban J connectivity index is 4.84. The molecule has 0 aromatic heterocycles. The van der Waals surface area contributed by atoms with Gasteiger partial charge in [0.05, 0.1) is 12.2 Å². The number of hydrogen-bond donors (Lipinski definition) is 0. The molecule has 0 fully saturated rings. The first kappa shape index (κ1) is 15.9. The highest BCUT2D eigenvalue weighted by Crippen LogP contribution is 2.02. The molecule has 5 nitrogen and oxygen atoms in total. The van der Waals surface area contributed by atoms with E-state index >= 15 is 0 Å². The zero-order valence-electron chi connectivity index (χ0n) is 10.7. The third-order valence-corrected chi connectivity index (χ3v) is 1.99. The van der Waals surface area contributed by atoms with Crippen molar-refractivity contribution in [1.82, 2.24) is 0 Å². The van der Waals surface area contributed by atoms with Gasteiger partial charge in [-0.15, -0.1) is 0 Å². The molecule has 0 spiro atoms. The molecule has 0 aromatic rings. The monoisotopic (exact) mass is 247 g/mol. The van der Waals surface area contributed by atoms with E-state index in [0.29, 0.717) is 6.54 Å². The Morgan fingerprint density at radius 2 is 2.33 bits per heavy atom. The second-order valence-corrected chi connectivity index (χ2v) is 3.43. The minimum Gasteiger partial charge on any atom is -0.462 e. The third kappa shape index (κ3) is 6.44. The molecule has 0 rings (SSSR count). The molecule has 0 N–H and O–H groups in total. The van der Waals surface area contributed by atoms with Crippen molar-refractivity contribution in [3.8, 4) is 6.07 Å². The lowest BCUT2D eigenvalue weighted by atomic mass is 10.2. The number of aliphatic imine (C=N–C) groups is 1. The van der Waals surface area contributed by atoms with Crippen LogP contribution in [0.2, 0.25) is 0 Å². The van der Waals surface area contributed by atoms with Crippen molar-refractivity contribution >= 4 is 12.2 Å². The van der Waals surface area contributed by atoms with E-state index in [9.17, 15) is 4.79 Å². The van der Waals surface area contributed by atoms with Crippen LogP contribution in [0.15, 0.2) is 16.6 Å². The van der Waals surface area contributed by atoms with Gasteiger partial charge in [0.2, 0.25) is 0 Å². The van der Waals surface area contributed by atoms with E-state index < -0.39 is 12.0 Å². The fraction of sp³-hybridized carbons (Fsp3) is 0.538. The van der Waals surface area contributed by atoms with Gasteiger partial charge in [-0.1, -0.05) is 13.3 Å². The van der Waals surface area contributed by atoms with Gasteiger partial charge in [0.1, 0.15) is 0 Å². The molecule has 0 aliphatic heterocycles. The summed E-state index contributed by atoms with van der Waals surface area (Å²) in [6, 6.07) is 0.797. The Hall–Kier alpha value is -2.14. The minimum absolute atomic E-state index is 0.163. The summed E-state index contributed by atoms with van der Waals surface area (Å²) in [5.74, 6) is -0.554. The molecule has 1 unspecified atom stereocenters. The average Bonchev–Trinajstić information content (AvgIpc) is 2.38. The summed E-state index contributed by atoms with van der Waals surface area (Å²) in [6.07, 6.45) is 4.60. The number of nitriles is 1. The highest BCUT2D eigenvalue weighted by atomic mass is 16.5. The zero-order valence-corrected chi connectivity index (χ0v) is 10.7. The van der Waals surface area contributed by atoms with Gasteiger partial charge in [-0.2, -0.15) is 5.26 Å².